The van der Waals surface area contributed by atoms with Gasteiger partial charge in [0.1, 0.15) is 0 Å². The minimum absolute atomic E-state index is 0.259. The molecule has 1 amide bonds. The van der Waals surface area contributed by atoms with Crippen LogP contribution < -0.4 is 0 Å². The van der Waals surface area contributed by atoms with E-state index >= 15 is 0 Å². The van der Waals surface area contributed by atoms with Crippen LogP contribution in [0.5, 0.6) is 0 Å². The second-order valence-corrected chi connectivity index (χ2v) is 7.24. The molecule has 0 spiro atoms. The van der Waals surface area contributed by atoms with Gasteiger partial charge in [-0.2, -0.15) is 0 Å². The summed E-state index contributed by atoms with van der Waals surface area (Å²) in [5.74, 6) is 0.901. The molecular formula is C13H22BrNO. The van der Waals surface area contributed by atoms with Crippen molar-refractivity contribution in [1.82, 2.24) is 4.90 Å². The van der Waals surface area contributed by atoms with Crippen LogP contribution in [-0.4, -0.2) is 29.2 Å². The second kappa shape index (κ2) is 4.01. The van der Waals surface area contributed by atoms with Crippen molar-refractivity contribution in [2.45, 2.75) is 40.0 Å². The molecule has 16 heavy (non-hydrogen) atoms. The Morgan fingerprint density at radius 1 is 1.44 bits per heavy atom. The molecule has 1 aliphatic carbocycles. The molecule has 2 nitrogen and oxygen atoms in total. The highest BCUT2D eigenvalue weighted by Crippen LogP contribution is 2.48. The SMILES string of the molecule is CC(C)(C)C1CC(=O)N(CC2(CBr)CC2)C1. The summed E-state index contributed by atoms with van der Waals surface area (Å²) in [4.78, 5) is 14.1. The average molecular weight is 288 g/mol. The van der Waals surface area contributed by atoms with Crippen molar-refractivity contribution in [3.63, 3.8) is 0 Å². The maximum Gasteiger partial charge on any atom is 0.222 e. The molecule has 0 aromatic carbocycles. The number of carbonyl (C=O) groups is 1. The van der Waals surface area contributed by atoms with E-state index in [1.165, 1.54) is 12.8 Å². The first kappa shape index (κ1) is 12.4. The van der Waals surface area contributed by atoms with Gasteiger partial charge in [0.05, 0.1) is 0 Å². The van der Waals surface area contributed by atoms with Crippen molar-refractivity contribution in [3.8, 4) is 0 Å². The lowest BCUT2D eigenvalue weighted by Crippen LogP contribution is -2.33. The maximum atomic E-state index is 12.0. The average Bonchev–Trinajstić information content (AvgIpc) is 2.85. The van der Waals surface area contributed by atoms with Crippen LogP contribution in [-0.2, 0) is 4.79 Å². The van der Waals surface area contributed by atoms with Gasteiger partial charge in [0, 0.05) is 24.8 Å². The number of nitrogens with zero attached hydrogens (tertiary/aromatic N) is 1. The van der Waals surface area contributed by atoms with E-state index in [-0.39, 0.29) is 5.41 Å². The Morgan fingerprint density at radius 3 is 2.44 bits per heavy atom. The number of hydrogen-bond donors (Lipinski definition) is 0. The summed E-state index contributed by atoms with van der Waals surface area (Å²) in [7, 11) is 0. The number of rotatable bonds is 3. The van der Waals surface area contributed by atoms with Gasteiger partial charge in [0.15, 0.2) is 0 Å². The monoisotopic (exact) mass is 287 g/mol. The third-order valence-corrected chi connectivity index (χ3v) is 5.40. The number of amides is 1. The zero-order valence-corrected chi connectivity index (χ0v) is 12.1. The predicted molar refractivity (Wildman–Crippen MR) is 69.6 cm³/mol. The van der Waals surface area contributed by atoms with Crippen molar-refractivity contribution < 1.29 is 4.79 Å². The largest absolute Gasteiger partial charge is 0.342 e. The fourth-order valence-corrected chi connectivity index (χ4v) is 3.16. The highest BCUT2D eigenvalue weighted by atomic mass is 79.9. The molecule has 1 aliphatic heterocycles. The van der Waals surface area contributed by atoms with E-state index in [0.717, 1.165) is 24.8 Å². The van der Waals surface area contributed by atoms with Crippen LogP contribution in [0, 0.1) is 16.7 Å². The summed E-state index contributed by atoms with van der Waals surface area (Å²) >= 11 is 3.58. The highest BCUT2D eigenvalue weighted by molar-refractivity contribution is 9.09. The van der Waals surface area contributed by atoms with Gasteiger partial charge in [-0.25, -0.2) is 0 Å². The molecule has 0 radical (unpaired) electrons. The van der Waals surface area contributed by atoms with Crippen LogP contribution in [0.3, 0.4) is 0 Å². The van der Waals surface area contributed by atoms with Crippen LogP contribution in [0.25, 0.3) is 0 Å². The normalized spacial score (nSPS) is 28.6. The molecule has 92 valence electrons. The van der Waals surface area contributed by atoms with Crippen LogP contribution in [0.4, 0.5) is 0 Å². The Hall–Kier alpha value is -0.0500. The molecule has 2 fully saturated rings. The third kappa shape index (κ3) is 2.44. The highest BCUT2D eigenvalue weighted by Gasteiger charge is 2.46. The molecule has 3 heteroatoms. The van der Waals surface area contributed by atoms with Crippen molar-refractivity contribution in [2.75, 3.05) is 18.4 Å². The Balaban J connectivity index is 1.95. The van der Waals surface area contributed by atoms with Gasteiger partial charge in [0.25, 0.3) is 0 Å². The van der Waals surface area contributed by atoms with E-state index in [9.17, 15) is 4.79 Å². The summed E-state index contributed by atoms with van der Waals surface area (Å²) < 4.78 is 0. The van der Waals surface area contributed by atoms with E-state index < -0.39 is 0 Å². The van der Waals surface area contributed by atoms with Crippen LogP contribution >= 0.6 is 15.9 Å². The lowest BCUT2D eigenvalue weighted by molar-refractivity contribution is -0.128. The third-order valence-electron chi connectivity index (χ3n) is 4.21. The molecule has 0 aromatic heterocycles. The van der Waals surface area contributed by atoms with Gasteiger partial charge in [-0.05, 0) is 29.6 Å². The maximum absolute atomic E-state index is 12.0. The summed E-state index contributed by atoms with van der Waals surface area (Å²) in [5.41, 5.74) is 0.679. The van der Waals surface area contributed by atoms with Gasteiger partial charge >= 0.3 is 0 Å². The molecule has 1 saturated carbocycles. The van der Waals surface area contributed by atoms with Crippen molar-refractivity contribution in [2.24, 2.45) is 16.7 Å². The Morgan fingerprint density at radius 2 is 2.06 bits per heavy atom. The number of carbonyl (C=O) groups excluding carboxylic acids is 1. The van der Waals surface area contributed by atoms with Crippen molar-refractivity contribution in [3.05, 3.63) is 0 Å². The first-order valence-corrected chi connectivity index (χ1v) is 7.32. The molecule has 2 aliphatic rings. The molecular weight excluding hydrogens is 266 g/mol. The van der Waals surface area contributed by atoms with Crippen LogP contribution in [0.1, 0.15) is 40.0 Å². The van der Waals surface area contributed by atoms with Gasteiger partial charge in [-0.3, -0.25) is 4.79 Å². The number of alkyl halides is 1. The van der Waals surface area contributed by atoms with Gasteiger partial charge in [-0.15, -0.1) is 0 Å². The minimum atomic E-state index is 0.259. The van der Waals surface area contributed by atoms with Crippen molar-refractivity contribution >= 4 is 21.8 Å². The van der Waals surface area contributed by atoms with E-state index in [1.54, 1.807) is 0 Å². The van der Waals surface area contributed by atoms with E-state index in [2.05, 4.69) is 41.6 Å². The minimum Gasteiger partial charge on any atom is -0.342 e. The summed E-state index contributed by atoms with van der Waals surface area (Å²) in [6, 6.07) is 0. The molecule has 1 atom stereocenters. The molecule has 0 N–H and O–H groups in total. The molecule has 1 unspecified atom stereocenters. The van der Waals surface area contributed by atoms with Crippen molar-refractivity contribution in [1.29, 1.82) is 0 Å². The summed E-state index contributed by atoms with van der Waals surface area (Å²) in [6.45, 7) is 8.67. The standard InChI is InChI=1S/C13H22BrNO/c1-12(2,3)10-6-11(16)15(7-10)9-13(8-14)4-5-13/h10H,4-9H2,1-3H3. The smallest absolute Gasteiger partial charge is 0.222 e. The Labute approximate surface area is 107 Å². The lowest BCUT2D eigenvalue weighted by Gasteiger charge is -2.27. The second-order valence-electron chi connectivity index (χ2n) is 6.67. The number of hydrogen-bond acceptors (Lipinski definition) is 1. The number of halogens is 1. The molecule has 1 saturated heterocycles. The van der Waals surface area contributed by atoms with Crippen LogP contribution in [0.15, 0.2) is 0 Å². The fourth-order valence-electron chi connectivity index (χ4n) is 2.42. The van der Waals surface area contributed by atoms with Gasteiger partial charge < -0.3 is 4.90 Å². The molecule has 2 rings (SSSR count). The zero-order valence-electron chi connectivity index (χ0n) is 10.6. The Kier molecular flexibility index (Phi) is 3.11. The van der Waals surface area contributed by atoms with Crippen LogP contribution in [0.2, 0.25) is 0 Å². The predicted octanol–water partition coefficient (Wildman–Crippen LogP) is 3.06. The zero-order chi connectivity index (χ0) is 12.0. The fraction of sp³-hybridized carbons (Fsp3) is 0.923. The first-order chi connectivity index (χ1) is 7.36. The molecule has 1 heterocycles. The first-order valence-electron chi connectivity index (χ1n) is 6.20. The Bertz CT molecular complexity index is 291. The van der Waals surface area contributed by atoms with Gasteiger partial charge in [-0.1, -0.05) is 36.7 Å². The molecule has 0 aromatic rings. The lowest BCUT2D eigenvalue weighted by atomic mass is 9.80. The van der Waals surface area contributed by atoms with E-state index in [4.69, 9.17) is 0 Å². The van der Waals surface area contributed by atoms with Gasteiger partial charge in [0.2, 0.25) is 5.91 Å². The topological polar surface area (TPSA) is 20.3 Å². The summed E-state index contributed by atoms with van der Waals surface area (Å²) in [6.07, 6.45) is 3.31. The number of likely N-dealkylation sites (tertiary alicyclic amines) is 1. The van der Waals surface area contributed by atoms with E-state index in [0.29, 0.717) is 17.2 Å². The quantitative estimate of drug-likeness (QED) is 0.731. The molecule has 0 bridgehead atoms. The van der Waals surface area contributed by atoms with E-state index in [1.807, 2.05) is 0 Å². The summed E-state index contributed by atoms with van der Waals surface area (Å²) in [5, 5.41) is 1.05.